The number of rotatable bonds is 6. The molecule has 1 aliphatic rings. The second-order valence-electron chi connectivity index (χ2n) is 5.85. The molecule has 0 unspecified atom stereocenters. The average Bonchev–Trinajstić information content (AvgIpc) is 2.56. The van der Waals surface area contributed by atoms with Gasteiger partial charge in [-0.1, -0.05) is 37.5 Å². The minimum atomic E-state index is -0.304. The smallest absolute Gasteiger partial charge is 0.315 e. The molecule has 0 radical (unpaired) electrons. The van der Waals surface area contributed by atoms with E-state index in [0.717, 1.165) is 25.7 Å². The first-order chi connectivity index (χ1) is 11.1. The molecule has 0 saturated heterocycles. The molecule has 5 nitrogen and oxygen atoms in total. The summed E-state index contributed by atoms with van der Waals surface area (Å²) in [5.74, 6) is -0.549. The molecule has 0 atom stereocenters. The van der Waals surface area contributed by atoms with Gasteiger partial charge in [-0.25, -0.2) is 9.18 Å². The summed E-state index contributed by atoms with van der Waals surface area (Å²) in [6, 6.07) is 6.39. The van der Waals surface area contributed by atoms with Gasteiger partial charge >= 0.3 is 6.03 Å². The Morgan fingerprint density at radius 1 is 1.09 bits per heavy atom. The van der Waals surface area contributed by atoms with E-state index in [1.807, 2.05) is 0 Å². The zero-order valence-electron chi connectivity index (χ0n) is 13.2. The molecule has 0 spiro atoms. The third-order valence-corrected chi connectivity index (χ3v) is 4.02. The van der Waals surface area contributed by atoms with Crippen LogP contribution in [0.5, 0.6) is 0 Å². The Hall–Kier alpha value is -2.11. The number of hydrogen-bond acceptors (Lipinski definition) is 2. The van der Waals surface area contributed by atoms with E-state index in [9.17, 15) is 14.0 Å². The van der Waals surface area contributed by atoms with Crippen molar-refractivity contribution in [2.45, 2.75) is 44.6 Å². The molecule has 1 fully saturated rings. The monoisotopic (exact) mass is 321 g/mol. The molecule has 0 aliphatic heterocycles. The molecule has 23 heavy (non-hydrogen) atoms. The number of carbonyl (C=O) groups is 2. The van der Waals surface area contributed by atoms with Gasteiger partial charge in [-0.3, -0.25) is 4.79 Å². The molecule has 1 aromatic rings. The lowest BCUT2D eigenvalue weighted by Gasteiger charge is -2.22. The molecule has 126 valence electrons. The fourth-order valence-corrected chi connectivity index (χ4v) is 2.74. The summed E-state index contributed by atoms with van der Waals surface area (Å²) in [6.07, 6.45) is 5.93. The Kier molecular flexibility index (Phi) is 6.84. The Morgan fingerprint density at radius 3 is 2.57 bits per heavy atom. The number of benzene rings is 1. The van der Waals surface area contributed by atoms with E-state index in [2.05, 4.69) is 16.0 Å². The van der Waals surface area contributed by atoms with Crippen LogP contribution in [-0.2, 0) is 11.2 Å². The predicted molar refractivity (Wildman–Crippen MR) is 86.5 cm³/mol. The number of carbonyl (C=O) groups excluding carboxylic acids is 2. The lowest BCUT2D eigenvalue weighted by molar-refractivity contribution is -0.120. The largest absolute Gasteiger partial charge is 0.354 e. The van der Waals surface area contributed by atoms with E-state index in [4.69, 9.17) is 0 Å². The molecule has 1 aliphatic carbocycles. The highest BCUT2D eigenvalue weighted by Crippen LogP contribution is 2.17. The van der Waals surface area contributed by atoms with Crippen molar-refractivity contribution >= 4 is 11.9 Å². The van der Waals surface area contributed by atoms with Gasteiger partial charge in [0.05, 0.1) is 6.54 Å². The number of hydrogen-bond donors (Lipinski definition) is 3. The van der Waals surface area contributed by atoms with Crippen LogP contribution < -0.4 is 16.0 Å². The van der Waals surface area contributed by atoms with Crippen molar-refractivity contribution in [3.63, 3.8) is 0 Å². The van der Waals surface area contributed by atoms with Gasteiger partial charge in [0.15, 0.2) is 0 Å². The van der Waals surface area contributed by atoms with Crippen LogP contribution >= 0.6 is 0 Å². The average molecular weight is 321 g/mol. The number of nitrogens with one attached hydrogen (secondary N) is 3. The first-order valence-electron chi connectivity index (χ1n) is 8.19. The fraction of sp³-hybridized carbons (Fsp3) is 0.529. The van der Waals surface area contributed by atoms with Gasteiger partial charge in [0, 0.05) is 12.6 Å². The lowest BCUT2D eigenvalue weighted by Crippen LogP contribution is -2.46. The minimum Gasteiger partial charge on any atom is -0.354 e. The third kappa shape index (κ3) is 6.26. The Labute approximate surface area is 136 Å². The van der Waals surface area contributed by atoms with Gasteiger partial charge in [0.1, 0.15) is 5.82 Å². The number of urea groups is 1. The van der Waals surface area contributed by atoms with Crippen LogP contribution in [0.3, 0.4) is 0 Å². The van der Waals surface area contributed by atoms with Gasteiger partial charge in [0.25, 0.3) is 0 Å². The van der Waals surface area contributed by atoms with E-state index >= 15 is 0 Å². The second kappa shape index (κ2) is 9.12. The Balaban J connectivity index is 1.59. The van der Waals surface area contributed by atoms with E-state index in [0.29, 0.717) is 18.5 Å². The summed E-state index contributed by atoms with van der Waals surface area (Å²) >= 11 is 0. The van der Waals surface area contributed by atoms with Crippen molar-refractivity contribution in [2.75, 3.05) is 13.1 Å². The zero-order valence-corrected chi connectivity index (χ0v) is 13.2. The maximum Gasteiger partial charge on any atom is 0.315 e. The van der Waals surface area contributed by atoms with Crippen LogP contribution in [0.15, 0.2) is 24.3 Å². The highest BCUT2D eigenvalue weighted by Gasteiger charge is 2.15. The topological polar surface area (TPSA) is 70.2 Å². The van der Waals surface area contributed by atoms with Gasteiger partial charge in [-0.15, -0.1) is 0 Å². The fourth-order valence-electron chi connectivity index (χ4n) is 2.74. The minimum absolute atomic E-state index is 0.0736. The summed E-state index contributed by atoms with van der Waals surface area (Å²) in [5, 5.41) is 8.11. The van der Waals surface area contributed by atoms with E-state index < -0.39 is 0 Å². The van der Waals surface area contributed by atoms with Crippen molar-refractivity contribution in [1.29, 1.82) is 0 Å². The quantitative estimate of drug-likeness (QED) is 0.751. The number of amides is 3. The van der Waals surface area contributed by atoms with Crippen LogP contribution in [0.25, 0.3) is 0 Å². The first-order valence-corrected chi connectivity index (χ1v) is 8.19. The molecule has 0 aromatic heterocycles. The molecular weight excluding hydrogens is 297 g/mol. The van der Waals surface area contributed by atoms with Crippen LogP contribution in [0, 0.1) is 5.82 Å². The first kappa shape index (κ1) is 17.2. The summed E-state index contributed by atoms with van der Waals surface area (Å²) in [7, 11) is 0. The molecule has 6 heteroatoms. The molecule has 0 heterocycles. The van der Waals surface area contributed by atoms with Crippen molar-refractivity contribution < 1.29 is 14.0 Å². The van der Waals surface area contributed by atoms with Gasteiger partial charge < -0.3 is 16.0 Å². The van der Waals surface area contributed by atoms with Gasteiger partial charge in [-0.05, 0) is 30.9 Å². The highest BCUT2D eigenvalue weighted by molar-refractivity contribution is 5.83. The van der Waals surface area contributed by atoms with Gasteiger partial charge in [-0.2, -0.15) is 0 Å². The molecule has 3 N–H and O–H groups in total. The van der Waals surface area contributed by atoms with Gasteiger partial charge in [0.2, 0.25) is 5.91 Å². The highest BCUT2D eigenvalue weighted by atomic mass is 19.1. The molecule has 1 aromatic carbocycles. The zero-order chi connectivity index (χ0) is 16.5. The maximum atomic E-state index is 13.4. The molecule has 3 amide bonds. The number of halogens is 1. The van der Waals surface area contributed by atoms with E-state index in [1.54, 1.807) is 18.2 Å². The molecule has 2 rings (SSSR count). The third-order valence-electron chi connectivity index (χ3n) is 4.02. The van der Waals surface area contributed by atoms with Crippen LogP contribution in [0.1, 0.15) is 37.7 Å². The van der Waals surface area contributed by atoms with Crippen molar-refractivity contribution in [3.8, 4) is 0 Å². The summed E-state index contributed by atoms with van der Waals surface area (Å²) < 4.78 is 13.4. The second-order valence-corrected chi connectivity index (χ2v) is 5.85. The van der Waals surface area contributed by atoms with Crippen molar-refractivity contribution in [1.82, 2.24) is 16.0 Å². The van der Waals surface area contributed by atoms with Crippen molar-refractivity contribution in [2.24, 2.45) is 0 Å². The molecular formula is C17H24FN3O2. The maximum absolute atomic E-state index is 13.4. The van der Waals surface area contributed by atoms with Crippen LogP contribution in [-0.4, -0.2) is 31.1 Å². The van der Waals surface area contributed by atoms with Crippen LogP contribution in [0.4, 0.5) is 9.18 Å². The van der Waals surface area contributed by atoms with E-state index in [-0.39, 0.29) is 30.3 Å². The molecule has 0 bridgehead atoms. The Bertz CT molecular complexity index is 530. The Morgan fingerprint density at radius 2 is 1.83 bits per heavy atom. The van der Waals surface area contributed by atoms with Crippen molar-refractivity contribution in [3.05, 3.63) is 35.6 Å². The lowest BCUT2D eigenvalue weighted by atomic mass is 9.96. The van der Waals surface area contributed by atoms with Crippen LogP contribution in [0.2, 0.25) is 0 Å². The van der Waals surface area contributed by atoms with E-state index in [1.165, 1.54) is 12.5 Å². The standard InChI is InChI=1S/C17H24FN3O2/c18-15-9-5-4-6-13(15)10-11-19-16(22)12-20-17(23)21-14-7-2-1-3-8-14/h4-6,9,14H,1-3,7-8,10-12H2,(H,19,22)(H2,20,21,23). The normalized spacial score (nSPS) is 15.0. The molecule has 1 saturated carbocycles. The summed E-state index contributed by atoms with van der Waals surface area (Å²) in [5.41, 5.74) is 0.566. The predicted octanol–water partition coefficient (Wildman–Crippen LogP) is 2.12. The summed E-state index contributed by atoms with van der Waals surface area (Å²) in [6.45, 7) is 0.265. The SMILES string of the molecule is O=C(CNC(=O)NC1CCCCC1)NCCc1ccccc1F. The summed E-state index contributed by atoms with van der Waals surface area (Å²) in [4.78, 5) is 23.4.